The predicted molar refractivity (Wildman–Crippen MR) is 79.5 cm³/mol. The molecule has 0 radical (unpaired) electrons. The van der Waals surface area contributed by atoms with Crippen molar-refractivity contribution in [3.63, 3.8) is 0 Å². The summed E-state index contributed by atoms with van der Waals surface area (Å²) in [5.74, 6) is 0.432. The van der Waals surface area contributed by atoms with E-state index >= 15 is 0 Å². The molecule has 2 aliphatic rings. The lowest BCUT2D eigenvalue weighted by atomic mass is 9.81. The normalized spacial score (nSPS) is 37.0. The molecular weight excluding hydrogens is 252 g/mol. The van der Waals surface area contributed by atoms with Crippen molar-refractivity contribution in [3.8, 4) is 0 Å². The van der Waals surface area contributed by atoms with Crippen molar-refractivity contribution in [2.24, 2.45) is 5.92 Å². The van der Waals surface area contributed by atoms with Gasteiger partial charge in [-0.05, 0) is 31.3 Å². The highest BCUT2D eigenvalue weighted by molar-refractivity contribution is 5.85. The van der Waals surface area contributed by atoms with Gasteiger partial charge in [0.15, 0.2) is 5.60 Å². The number of carbonyl (C=O) groups excluding carboxylic acids is 1. The van der Waals surface area contributed by atoms with Crippen molar-refractivity contribution >= 4 is 5.97 Å². The van der Waals surface area contributed by atoms with Gasteiger partial charge in [-0.15, -0.1) is 0 Å². The average Bonchev–Trinajstić information content (AvgIpc) is 3.04. The molecule has 0 aromatic carbocycles. The zero-order chi connectivity index (χ0) is 14.8. The van der Waals surface area contributed by atoms with Gasteiger partial charge in [0.05, 0.1) is 5.60 Å². The molecule has 1 fully saturated rings. The van der Waals surface area contributed by atoms with Gasteiger partial charge in [0.25, 0.3) is 0 Å². The van der Waals surface area contributed by atoms with E-state index in [1.165, 1.54) is 19.3 Å². The fourth-order valence-corrected chi connectivity index (χ4v) is 3.54. The van der Waals surface area contributed by atoms with Crippen LogP contribution in [0.1, 0.15) is 66.2 Å². The number of hydrogen-bond donors (Lipinski definition) is 0. The molecule has 0 aromatic heterocycles. The summed E-state index contributed by atoms with van der Waals surface area (Å²) in [5, 5.41) is 0. The molecular formula is C17H28O3. The van der Waals surface area contributed by atoms with E-state index in [4.69, 9.17) is 9.47 Å². The van der Waals surface area contributed by atoms with Crippen molar-refractivity contribution in [2.45, 2.75) is 83.5 Å². The zero-order valence-electron chi connectivity index (χ0n) is 13.3. The van der Waals surface area contributed by atoms with Crippen LogP contribution in [0.3, 0.4) is 0 Å². The molecule has 2 heterocycles. The second-order valence-electron chi connectivity index (χ2n) is 6.43. The van der Waals surface area contributed by atoms with E-state index in [0.717, 1.165) is 19.3 Å². The third-order valence-electron chi connectivity index (χ3n) is 4.90. The first-order valence-corrected chi connectivity index (χ1v) is 8.12. The van der Waals surface area contributed by atoms with Crippen molar-refractivity contribution < 1.29 is 14.3 Å². The predicted octanol–water partition coefficient (Wildman–Crippen LogP) is 4.01. The number of rotatable bonds is 8. The molecule has 3 heteroatoms. The molecule has 0 saturated carbocycles. The molecule has 0 unspecified atom stereocenters. The molecule has 4 atom stereocenters. The second-order valence-corrected chi connectivity index (χ2v) is 6.43. The highest BCUT2D eigenvalue weighted by Gasteiger charge is 2.66. The summed E-state index contributed by atoms with van der Waals surface area (Å²) in [4.78, 5) is 11.4. The van der Waals surface area contributed by atoms with Gasteiger partial charge in [-0.1, -0.05) is 47.0 Å². The average molecular weight is 280 g/mol. The summed E-state index contributed by atoms with van der Waals surface area (Å²) < 4.78 is 11.7. The SMILES string of the molecule is CCCC[C@H](C)C[C@]1(CC)O[C@H]1[C@]1(CC)C=CC(=O)O1. The van der Waals surface area contributed by atoms with Gasteiger partial charge >= 0.3 is 5.97 Å². The van der Waals surface area contributed by atoms with Gasteiger partial charge in [0.1, 0.15) is 6.10 Å². The Kier molecular flexibility index (Phi) is 4.58. The summed E-state index contributed by atoms with van der Waals surface area (Å²) in [6.07, 6.45) is 10.1. The third-order valence-corrected chi connectivity index (χ3v) is 4.90. The Balaban J connectivity index is 2.01. The Morgan fingerprint density at radius 2 is 2.05 bits per heavy atom. The van der Waals surface area contributed by atoms with Gasteiger partial charge in [-0.2, -0.15) is 0 Å². The Morgan fingerprint density at radius 1 is 1.30 bits per heavy atom. The van der Waals surface area contributed by atoms with Crippen LogP contribution in [0.5, 0.6) is 0 Å². The molecule has 0 bridgehead atoms. The summed E-state index contributed by atoms with van der Waals surface area (Å²) in [5.41, 5.74) is -0.601. The second kappa shape index (κ2) is 5.88. The molecule has 2 aliphatic heterocycles. The van der Waals surface area contributed by atoms with E-state index in [0.29, 0.717) is 5.92 Å². The first-order chi connectivity index (χ1) is 9.52. The lowest BCUT2D eigenvalue weighted by Crippen LogP contribution is -2.39. The van der Waals surface area contributed by atoms with Gasteiger partial charge in [-0.25, -0.2) is 4.79 Å². The van der Waals surface area contributed by atoms with E-state index in [-0.39, 0.29) is 17.7 Å². The molecule has 1 saturated heterocycles. The van der Waals surface area contributed by atoms with Crippen LogP contribution in [-0.2, 0) is 14.3 Å². The highest BCUT2D eigenvalue weighted by atomic mass is 16.7. The van der Waals surface area contributed by atoms with Crippen molar-refractivity contribution in [2.75, 3.05) is 0 Å². The Morgan fingerprint density at radius 3 is 2.55 bits per heavy atom. The quantitative estimate of drug-likeness (QED) is 0.498. The van der Waals surface area contributed by atoms with E-state index in [2.05, 4.69) is 27.7 Å². The van der Waals surface area contributed by atoms with E-state index < -0.39 is 5.60 Å². The fourth-order valence-electron chi connectivity index (χ4n) is 3.54. The minimum absolute atomic E-state index is 0.0387. The molecule has 20 heavy (non-hydrogen) atoms. The number of ether oxygens (including phenoxy) is 2. The number of cyclic esters (lactones) is 1. The van der Waals surface area contributed by atoms with E-state index in [1.54, 1.807) is 6.08 Å². The third kappa shape index (κ3) is 2.78. The minimum atomic E-state index is -0.516. The van der Waals surface area contributed by atoms with Crippen molar-refractivity contribution in [1.82, 2.24) is 0 Å². The van der Waals surface area contributed by atoms with Crippen LogP contribution in [0.2, 0.25) is 0 Å². The van der Waals surface area contributed by atoms with Gasteiger partial charge in [0.2, 0.25) is 0 Å². The van der Waals surface area contributed by atoms with E-state index in [9.17, 15) is 4.79 Å². The minimum Gasteiger partial charge on any atom is -0.449 e. The van der Waals surface area contributed by atoms with Crippen LogP contribution < -0.4 is 0 Å². The molecule has 0 aliphatic carbocycles. The fraction of sp³-hybridized carbons (Fsp3) is 0.824. The Bertz CT molecular complexity index is 390. The molecule has 114 valence electrons. The lowest BCUT2D eigenvalue weighted by Gasteiger charge is -2.26. The van der Waals surface area contributed by atoms with Crippen LogP contribution in [0.25, 0.3) is 0 Å². The van der Waals surface area contributed by atoms with Gasteiger partial charge in [0, 0.05) is 6.08 Å². The lowest BCUT2D eigenvalue weighted by molar-refractivity contribution is -0.147. The van der Waals surface area contributed by atoms with E-state index in [1.807, 2.05) is 6.08 Å². The number of carbonyl (C=O) groups is 1. The summed E-state index contributed by atoms with van der Waals surface area (Å²) in [6, 6.07) is 0. The van der Waals surface area contributed by atoms with Gasteiger partial charge in [-0.3, -0.25) is 0 Å². The topological polar surface area (TPSA) is 38.8 Å². The monoisotopic (exact) mass is 280 g/mol. The summed E-state index contributed by atoms with van der Waals surface area (Å²) >= 11 is 0. The molecule has 2 rings (SSSR count). The smallest absolute Gasteiger partial charge is 0.331 e. The Hall–Kier alpha value is -0.830. The maximum Gasteiger partial charge on any atom is 0.331 e. The zero-order valence-corrected chi connectivity index (χ0v) is 13.3. The largest absolute Gasteiger partial charge is 0.449 e. The van der Waals surface area contributed by atoms with Crippen LogP contribution in [0, 0.1) is 5.92 Å². The number of esters is 1. The summed E-state index contributed by atoms with van der Waals surface area (Å²) in [6.45, 7) is 8.77. The number of unbranched alkanes of at least 4 members (excludes halogenated alkanes) is 1. The molecule has 0 aromatic rings. The van der Waals surface area contributed by atoms with Crippen LogP contribution in [-0.4, -0.2) is 23.3 Å². The maximum atomic E-state index is 11.4. The molecule has 0 amide bonds. The number of epoxide rings is 1. The highest BCUT2D eigenvalue weighted by Crippen LogP contribution is 2.53. The molecule has 0 spiro atoms. The molecule has 3 nitrogen and oxygen atoms in total. The van der Waals surface area contributed by atoms with Crippen LogP contribution in [0.4, 0.5) is 0 Å². The van der Waals surface area contributed by atoms with Crippen LogP contribution >= 0.6 is 0 Å². The first kappa shape index (κ1) is 15.6. The molecule has 0 N–H and O–H groups in total. The number of hydrogen-bond acceptors (Lipinski definition) is 3. The first-order valence-electron chi connectivity index (χ1n) is 8.12. The maximum absolute atomic E-state index is 11.4. The van der Waals surface area contributed by atoms with Crippen LogP contribution in [0.15, 0.2) is 12.2 Å². The summed E-state index contributed by atoms with van der Waals surface area (Å²) in [7, 11) is 0. The Labute approximate surface area is 122 Å². The standard InChI is InChI=1S/C17H28O3/c1-5-8-9-13(4)12-17(7-3)15(20-17)16(6-2)11-10-14(18)19-16/h10-11,13,15H,5-9,12H2,1-4H3/t13-,15-,16-,17-/m0/s1. The van der Waals surface area contributed by atoms with Crippen molar-refractivity contribution in [3.05, 3.63) is 12.2 Å². The van der Waals surface area contributed by atoms with Gasteiger partial charge < -0.3 is 9.47 Å². The van der Waals surface area contributed by atoms with Crippen molar-refractivity contribution in [1.29, 1.82) is 0 Å².